The number of benzene rings is 2. The van der Waals surface area contributed by atoms with E-state index in [1.165, 1.54) is 12.1 Å². The summed E-state index contributed by atoms with van der Waals surface area (Å²) in [5, 5.41) is 0. The van der Waals surface area contributed by atoms with Crippen LogP contribution in [-0.2, 0) is 4.79 Å². The molecule has 0 bridgehead atoms. The highest BCUT2D eigenvalue weighted by Crippen LogP contribution is 2.32. The Morgan fingerprint density at radius 1 is 1.22 bits per heavy atom. The zero-order chi connectivity index (χ0) is 22.7. The average Bonchev–Trinajstić information content (AvgIpc) is 3.23. The third kappa shape index (κ3) is 4.44. The summed E-state index contributed by atoms with van der Waals surface area (Å²) in [5.74, 6) is 0.493. The standard InChI is InChI=1S/C26H28FN3O2/c1-4-23(20-8-10-22(27)11-9-20)30-13-5-6-21(26(30)31)14-19-7-12-24(25(15-19)32-3)29-16-18(2)28-17-29/h7-12,14-17,23H,4-6,13H2,1-3H3/b21-14+/t23-/m0/s1. The molecule has 1 amide bonds. The lowest BCUT2D eigenvalue weighted by atomic mass is 9.95. The van der Waals surface area contributed by atoms with Crippen molar-refractivity contribution < 1.29 is 13.9 Å². The fourth-order valence-electron chi connectivity index (χ4n) is 4.34. The van der Waals surface area contributed by atoms with Gasteiger partial charge in [0.15, 0.2) is 0 Å². The first-order valence-electron chi connectivity index (χ1n) is 11.0. The maximum Gasteiger partial charge on any atom is 0.250 e. The van der Waals surface area contributed by atoms with Crippen molar-refractivity contribution >= 4 is 12.0 Å². The topological polar surface area (TPSA) is 47.4 Å². The van der Waals surface area contributed by atoms with E-state index in [-0.39, 0.29) is 17.8 Å². The van der Waals surface area contributed by atoms with Gasteiger partial charge in [0.25, 0.3) is 0 Å². The quantitative estimate of drug-likeness (QED) is 0.483. The Morgan fingerprint density at radius 3 is 2.66 bits per heavy atom. The first kappa shape index (κ1) is 21.8. The molecule has 1 aliphatic rings. The molecule has 1 saturated heterocycles. The molecule has 1 atom stereocenters. The van der Waals surface area contributed by atoms with Gasteiger partial charge in [-0.2, -0.15) is 0 Å². The van der Waals surface area contributed by atoms with E-state index in [0.29, 0.717) is 6.54 Å². The van der Waals surface area contributed by atoms with Gasteiger partial charge in [-0.15, -0.1) is 0 Å². The first-order chi connectivity index (χ1) is 15.5. The molecule has 0 radical (unpaired) electrons. The summed E-state index contributed by atoms with van der Waals surface area (Å²) in [5.41, 5.74) is 4.49. The molecule has 2 aromatic carbocycles. The van der Waals surface area contributed by atoms with E-state index >= 15 is 0 Å². The summed E-state index contributed by atoms with van der Waals surface area (Å²) in [6.07, 6.45) is 8.07. The molecule has 5 nitrogen and oxygen atoms in total. The number of piperidine rings is 1. The van der Waals surface area contributed by atoms with Crippen LogP contribution in [0.2, 0.25) is 0 Å². The lowest BCUT2D eigenvalue weighted by Crippen LogP contribution is -2.39. The van der Waals surface area contributed by atoms with Gasteiger partial charge in [0, 0.05) is 18.3 Å². The maximum absolute atomic E-state index is 13.4. The van der Waals surface area contributed by atoms with E-state index in [1.54, 1.807) is 25.6 Å². The molecule has 3 aromatic rings. The van der Waals surface area contributed by atoms with Gasteiger partial charge in [-0.3, -0.25) is 4.79 Å². The number of nitrogens with zero attached hydrogens (tertiary/aromatic N) is 3. The number of carbonyl (C=O) groups is 1. The fraction of sp³-hybridized carbons (Fsp3) is 0.308. The van der Waals surface area contributed by atoms with Crippen LogP contribution < -0.4 is 4.74 Å². The van der Waals surface area contributed by atoms with Crippen LogP contribution in [0.4, 0.5) is 4.39 Å². The van der Waals surface area contributed by atoms with Crippen LogP contribution in [0.5, 0.6) is 5.75 Å². The van der Waals surface area contributed by atoms with Crippen molar-refractivity contribution in [2.45, 2.75) is 39.2 Å². The number of imidazole rings is 1. The smallest absolute Gasteiger partial charge is 0.250 e. The Bertz CT molecular complexity index is 1130. The van der Waals surface area contributed by atoms with Crippen LogP contribution in [-0.4, -0.2) is 34.0 Å². The highest BCUT2D eigenvalue weighted by Gasteiger charge is 2.29. The highest BCUT2D eigenvalue weighted by atomic mass is 19.1. The van der Waals surface area contributed by atoms with Crippen molar-refractivity contribution in [3.8, 4) is 11.4 Å². The van der Waals surface area contributed by atoms with Crippen LogP contribution in [0.1, 0.15) is 49.0 Å². The number of carbonyl (C=O) groups excluding carboxylic acids is 1. The molecule has 0 aliphatic carbocycles. The first-order valence-corrected chi connectivity index (χ1v) is 11.0. The summed E-state index contributed by atoms with van der Waals surface area (Å²) in [6.45, 7) is 4.70. The number of hydrogen-bond acceptors (Lipinski definition) is 3. The van der Waals surface area contributed by atoms with Crippen LogP contribution in [0, 0.1) is 12.7 Å². The van der Waals surface area contributed by atoms with Crippen LogP contribution in [0.3, 0.4) is 0 Å². The van der Waals surface area contributed by atoms with Crippen molar-refractivity contribution in [2.24, 2.45) is 0 Å². The van der Waals surface area contributed by atoms with Crippen molar-refractivity contribution in [1.82, 2.24) is 14.5 Å². The number of methoxy groups -OCH3 is 1. The zero-order valence-electron chi connectivity index (χ0n) is 18.7. The lowest BCUT2D eigenvalue weighted by Gasteiger charge is -2.35. The van der Waals surface area contributed by atoms with E-state index < -0.39 is 0 Å². The van der Waals surface area contributed by atoms with Crippen molar-refractivity contribution in [1.29, 1.82) is 0 Å². The monoisotopic (exact) mass is 433 g/mol. The van der Waals surface area contributed by atoms with Crippen LogP contribution >= 0.6 is 0 Å². The van der Waals surface area contributed by atoms with E-state index in [2.05, 4.69) is 11.9 Å². The summed E-state index contributed by atoms with van der Waals surface area (Å²) in [4.78, 5) is 19.6. The molecule has 0 spiro atoms. The number of likely N-dealkylation sites (tertiary alicyclic amines) is 1. The van der Waals surface area contributed by atoms with Gasteiger partial charge in [0.05, 0.1) is 30.9 Å². The van der Waals surface area contributed by atoms with E-state index in [9.17, 15) is 9.18 Å². The van der Waals surface area contributed by atoms with E-state index in [1.807, 2.05) is 46.9 Å². The lowest BCUT2D eigenvalue weighted by molar-refractivity contribution is -0.131. The second kappa shape index (κ2) is 9.39. The minimum atomic E-state index is -0.266. The minimum absolute atomic E-state index is 0.0423. The Morgan fingerprint density at radius 2 is 2.00 bits per heavy atom. The number of halogens is 1. The number of aromatic nitrogens is 2. The number of ether oxygens (including phenoxy) is 1. The number of amides is 1. The fourth-order valence-corrected chi connectivity index (χ4v) is 4.34. The number of aryl methyl sites for hydroxylation is 1. The summed E-state index contributed by atoms with van der Waals surface area (Å²) in [7, 11) is 1.64. The average molecular weight is 434 g/mol. The van der Waals surface area contributed by atoms with Gasteiger partial charge in [-0.25, -0.2) is 9.37 Å². The summed E-state index contributed by atoms with van der Waals surface area (Å²) < 4.78 is 20.9. The van der Waals surface area contributed by atoms with Gasteiger partial charge in [-0.05, 0) is 67.7 Å². The molecule has 32 heavy (non-hydrogen) atoms. The van der Waals surface area contributed by atoms with Crippen LogP contribution in [0.25, 0.3) is 11.8 Å². The van der Waals surface area contributed by atoms with Crippen molar-refractivity contribution in [3.63, 3.8) is 0 Å². The Labute approximate surface area is 188 Å². The minimum Gasteiger partial charge on any atom is -0.495 e. The molecule has 6 heteroatoms. The van der Waals surface area contributed by atoms with Gasteiger partial charge >= 0.3 is 0 Å². The predicted octanol–water partition coefficient (Wildman–Crippen LogP) is 5.49. The molecule has 0 saturated carbocycles. The third-order valence-corrected chi connectivity index (χ3v) is 5.93. The number of rotatable bonds is 6. The number of hydrogen-bond donors (Lipinski definition) is 0. The second-order valence-corrected chi connectivity index (χ2v) is 8.10. The largest absolute Gasteiger partial charge is 0.495 e. The summed E-state index contributed by atoms with van der Waals surface area (Å²) >= 11 is 0. The molecule has 1 aliphatic heterocycles. The van der Waals surface area contributed by atoms with E-state index in [4.69, 9.17) is 4.74 Å². The summed E-state index contributed by atoms with van der Waals surface area (Å²) in [6, 6.07) is 12.3. The third-order valence-electron chi connectivity index (χ3n) is 5.93. The van der Waals surface area contributed by atoms with Gasteiger partial charge in [0.2, 0.25) is 5.91 Å². The second-order valence-electron chi connectivity index (χ2n) is 8.10. The van der Waals surface area contributed by atoms with E-state index in [0.717, 1.165) is 53.1 Å². The molecule has 4 rings (SSSR count). The van der Waals surface area contributed by atoms with Gasteiger partial charge in [-0.1, -0.05) is 25.1 Å². The molecular formula is C26H28FN3O2. The Balaban J connectivity index is 1.61. The SMILES string of the molecule is CC[C@@H](c1ccc(F)cc1)N1CCC/C(=C\c2ccc(-n3cnc(C)c3)c(OC)c2)C1=O. The van der Waals surface area contributed by atoms with Crippen molar-refractivity contribution in [2.75, 3.05) is 13.7 Å². The normalized spacial score (nSPS) is 16.4. The van der Waals surface area contributed by atoms with Gasteiger partial charge in [0.1, 0.15) is 11.6 Å². The van der Waals surface area contributed by atoms with Gasteiger partial charge < -0.3 is 14.2 Å². The Kier molecular flexibility index (Phi) is 6.40. The molecule has 1 aromatic heterocycles. The molecule has 0 N–H and O–H groups in total. The molecule has 1 fully saturated rings. The predicted molar refractivity (Wildman–Crippen MR) is 123 cm³/mol. The van der Waals surface area contributed by atoms with Crippen LogP contribution in [0.15, 0.2) is 60.6 Å². The zero-order valence-corrected chi connectivity index (χ0v) is 18.7. The molecule has 166 valence electrons. The highest BCUT2D eigenvalue weighted by molar-refractivity contribution is 5.98. The molecule has 2 heterocycles. The molecule has 0 unspecified atom stereocenters. The van der Waals surface area contributed by atoms with Crippen molar-refractivity contribution in [3.05, 3.63) is 83.2 Å². The molecular weight excluding hydrogens is 405 g/mol. The maximum atomic E-state index is 13.4. The Hall–Kier alpha value is -3.41.